The number of nitrogens with zero attached hydrogens (tertiary/aromatic N) is 3. The number of rotatable bonds is 3. The Morgan fingerprint density at radius 1 is 1.33 bits per heavy atom. The first-order valence-corrected chi connectivity index (χ1v) is 10.2. The highest BCUT2D eigenvalue weighted by atomic mass is 35.5. The number of anilines is 2. The highest BCUT2D eigenvalue weighted by molar-refractivity contribution is 7.17. The fourth-order valence-electron chi connectivity index (χ4n) is 3.84. The number of thiophene rings is 1. The van der Waals surface area contributed by atoms with Crippen molar-refractivity contribution >= 4 is 50.7 Å². The lowest BCUT2D eigenvalue weighted by Gasteiger charge is -2.46. The molecule has 27 heavy (non-hydrogen) atoms. The lowest BCUT2D eigenvalue weighted by Crippen LogP contribution is -2.61. The average molecular weight is 400 g/mol. The maximum absolute atomic E-state index is 12.8. The number of aromatic nitrogens is 2. The first-order valence-electron chi connectivity index (χ1n) is 8.99. The molecular formula is C19H18ClN5OS. The quantitative estimate of drug-likeness (QED) is 0.705. The first kappa shape index (κ1) is 16.9. The van der Waals surface area contributed by atoms with E-state index in [2.05, 4.69) is 20.5 Å². The van der Waals surface area contributed by atoms with Gasteiger partial charge in [-0.15, -0.1) is 11.3 Å². The third-order valence-corrected chi connectivity index (χ3v) is 6.48. The molecule has 0 spiro atoms. The normalized spacial score (nSPS) is 21.6. The van der Waals surface area contributed by atoms with Crippen LogP contribution in [0.15, 0.2) is 35.8 Å². The van der Waals surface area contributed by atoms with Crippen LogP contribution < -0.4 is 15.5 Å². The van der Waals surface area contributed by atoms with Crippen LogP contribution in [0.1, 0.15) is 23.2 Å². The van der Waals surface area contributed by atoms with Gasteiger partial charge in [0.1, 0.15) is 16.2 Å². The molecule has 2 N–H and O–H groups in total. The fraction of sp³-hybridized carbons (Fsp3) is 0.316. The second-order valence-electron chi connectivity index (χ2n) is 6.95. The van der Waals surface area contributed by atoms with Crippen LogP contribution in [0.25, 0.3) is 10.3 Å². The number of halogens is 1. The van der Waals surface area contributed by atoms with Crippen molar-refractivity contribution in [2.75, 3.05) is 23.3 Å². The molecule has 5 heterocycles. The topological polar surface area (TPSA) is 70.2 Å². The second-order valence-corrected chi connectivity index (χ2v) is 8.22. The molecule has 6 nitrogen and oxygen atoms in total. The smallest absolute Gasteiger partial charge is 0.258 e. The lowest BCUT2D eigenvalue weighted by molar-refractivity contribution is 0.102. The molecule has 1 unspecified atom stereocenters. The van der Waals surface area contributed by atoms with Crippen LogP contribution in [0.5, 0.6) is 0 Å². The molecule has 6 rings (SSSR count). The van der Waals surface area contributed by atoms with E-state index in [-0.39, 0.29) is 5.91 Å². The minimum atomic E-state index is -0.220. The van der Waals surface area contributed by atoms with E-state index in [0.29, 0.717) is 33.9 Å². The van der Waals surface area contributed by atoms with E-state index in [1.807, 2.05) is 23.7 Å². The average Bonchev–Trinajstić information content (AvgIpc) is 3.14. The molecule has 8 heteroatoms. The summed E-state index contributed by atoms with van der Waals surface area (Å²) in [5.41, 5.74) is 1.77. The van der Waals surface area contributed by atoms with E-state index >= 15 is 0 Å². The van der Waals surface area contributed by atoms with Gasteiger partial charge in [-0.3, -0.25) is 4.79 Å². The van der Waals surface area contributed by atoms with Gasteiger partial charge in [-0.25, -0.2) is 9.97 Å². The van der Waals surface area contributed by atoms with Crippen molar-refractivity contribution in [1.82, 2.24) is 15.3 Å². The zero-order chi connectivity index (χ0) is 18.4. The van der Waals surface area contributed by atoms with Gasteiger partial charge in [0.15, 0.2) is 0 Å². The van der Waals surface area contributed by atoms with Gasteiger partial charge < -0.3 is 15.5 Å². The molecule has 2 atom stereocenters. The first-order chi connectivity index (χ1) is 13.2. The van der Waals surface area contributed by atoms with Crippen LogP contribution in [-0.2, 0) is 0 Å². The molecule has 2 bridgehead atoms. The number of amides is 1. The molecule has 0 aliphatic carbocycles. The summed E-state index contributed by atoms with van der Waals surface area (Å²) in [6, 6.07) is 8.16. The molecular weight excluding hydrogens is 382 g/mol. The summed E-state index contributed by atoms with van der Waals surface area (Å²) < 4.78 is 0. The van der Waals surface area contributed by atoms with E-state index in [9.17, 15) is 4.79 Å². The standard InChI is InChI=1S/C19H18ClN5OS/c20-14-3-1-2-4-15(14)23-18(26)13-10-27-19-17(13)24-16(8-22-19)25-9-11-5-6-12(25)7-21-11/h1-4,8,10-12,21H,5-7,9H2,(H,23,26)/t11-,12?/m0/s1. The Bertz CT molecular complexity index is 1010. The molecule has 1 aromatic carbocycles. The summed E-state index contributed by atoms with van der Waals surface area (Å²) in [4.78, 5) is 25.3. The van der Waals surface area contributed by atoms with Crippen LogP contribution in [0.2, 0.25) is 5.02 Å². The molecule has 138 valence electrons. The molecule has 3 aliphatic rings. The third kappa shape index (κ3) is 3.05. The molecule has 3 aromatic rings. The summed E-state index contributed by atoms with van der Waals surface area (Å²) in [5, 5.41) is 8.74. The Hall–Kier alpha value is -2.22. The van der Waals surface area contributed by atoms with Gasteiger partial charge >= 0.3 is 0 Å². The number of benzene rings is 1. The number of carbonyl (C=O) groups is 1. The van der Waals surface area contributed by atoms with Gasteiger partial charge in [0, 0.05) is 30.6 Å². The Morgan fingerprint density at radius 2 is 2.22 bits per heavy atom. The highest BCUT2D eigenvalue weighted by Gasteiger charge is 2.34. The summed E-state index contributed by atoms with van der Waals surface area (Å²) in [5.74, 6) is 0.631. The van der Waals surface area contributed by atoms with Crippen molar-refractivity contribution in [3.63, 3.8) is 0 Å². The monoisotopic (exact) mass is 399 g/mol. The number of nitrogens with one attached hydrogen (secondary N) is 2. The van der Waals surface area contributed by atoms with Crippen LogP contribution in [-0.4, -0.2) is 41.0 Å². The summed E-state index contributed by atoms with van der Waals surface area (Å²) in [6.07, 6.45) is 4.21. The van der Waals surface area contributed by atoms with Gasteiger partial charge in [0.25, 0.3) is 5.91 Å². The van der Waals surface area contributed by atoms with Crippen LogP contribution in [0.3, 0.4) is 0 Å². The van der Waals surface area contributed by atoms with Crippen LogP contribution >= 0.6 is 22.9 Å². The van der Waals surface area contributed by atoms with Gasteiger partial charge in [-0.2, -0.15) is 0 Å². The molecule has 0 saturated carbocycles. The fourth-order valence-corrected chi connectivity index (χ4v) is 4.85. The van der Waals surface area contributed by atoms with E-state index < -0.39 is 0 Å². The number of para-hydroxylation sites is 1. The summed E-state index contributed by atoms with van der Waals surface area (Å²) in [6.45, 7) is 1.92. The van der Waals surface area contributed by atoms with Crippen molar-refractivity contribution < 1.29 is 4.79 Å². The minimum absolute atomic E-state index is 0.220. The predicted molar refractivity (Wildman–Crippen MR) is 109 cm³/mol. The van der Waals surface area contributed by atoms with Gasteiger partial charge in [0.05, 0.1) is 22.5 Å². The number of piperazine rings is 1. The van der Waals surface area contributed by atoms with E-state index in [0.717, 1.165) is 23.7 Å². The highest BCUT2D eigenvalue weighted by Crippen LogP contribution is 2.30. The Labute approximate surface area is 165 Å². The maximum Gasteiger partial charge on any atom is 0.258 e. The molecule has 1 amide bonds. The van der Waals surface area contributed by atoms with Crippen molar-refractivity contribution in [3.05, 3.63) is 46.4 Å². The molecule has 2 aromatic heterocycles. The molecule has 3 fully saturated rings. The van der Waals surface area contributed by atoms with E-state index in [4.69, 9.17) is 16.6 Å². The van der Waals surface area contributed by atoms with Gasteiger partial charge in [-0.1, -0.05) is 23.7 Å². The van der Waals surface area contributed by atoms with Crippen LogP contribution in [0, 0.1) is 0 Å². The van der Waals surface area contributed by atoms with Crippen LogP contribution in [0.4, 0.5) is 11.5 Å². The van der Waals surface area contributed by atoms with Gasteiger partial charge in [0.2, 0.25) is 0 Å². The third-order valence-electron chi connectivity index (χ3n) is 5.28. The molecule has 0 radical (unpaired) electrons. The number of hydrogen-bond acceptors (Lipinski definition) is 6. The van der Waals surface area contributed by atoms with Crippen molar-refractivity contribution in [2.45, 2.75) is 24.9 Å². The molecule has 3 saturated heterocycles. The maximum atomic E-state index is 12.8. The second kappa shape index (κ2) is 6.74. The summed E-state index contributed by atoms with van der Waals surface area (Å²) in [7, 11) is 0. The Balaban J connectivity index is 1.47. The summed E-state index contributed by atoms with van der Waals surface area (Å²) >= 11 is 7.59. The van der Waals surface area contributed by atoms with Crippen molar-refractivity contribution in [2.24, 2.45) is 0 Å². The molecule has 3 aliphatic heterocycles. The SMILES string of the molecule is O=C(Nc1ccccc1Cl)c1csc2ncc(N3C[C@@H]4CCC3CN4)nc12. The number of hydrogen-bond donors (Lipinski definition) is 2. The Morgan fingerprint density at radius 3 is 2.96 bits per heavy atom. The van der Waals surface area contributed by atoms with Crippen molar-refractivity contribution in [1.29, 1.82) is 0 Å². The van der Waals surface area contributed by atoms with Gasteiger partial charge in [-0.05, 0) is 25.0 Å². The number of fused-ring (bicyclic) bond motifs is 4. The zero-order valence-corrected chi connectivity index (χ0v) is 16.1. The van der Waals surface area contributed by atoms with E-state index in [1.165, 1.54) is 24.2 Å². The Kier molecular flexibility index (Phi) is 4.22. The number of piperidine rings is 2. The largest absolute Gasteiger partial charge is 0.349 e. The lowest BCUT2D eigenvalue weighted by atomic mass is 9.93. The zero-order valence-electron chi connectivity index (χ0n) is 14.5. The van der Waals surface area contributed by atoms with Crippen molar-refractivity contribution in [3.8, 4) is 0 Å². The predicted octanol–water partition coefficient (Wildman–Crippen LogP) is 3.54. The minimum Gasteiger partial charge on any atom is -0.349 e. The number of carbonyl (C=O) groups excluding carboxylic acids is 1. The van der Waals surface area contributed by atoms with E-state index in [1.54, 1.807) is 12.1 Å².